The second kappa shape index (κ2) is 7.25. The summed E-state index contributed by atoms with van der Waals surface area (Å²) >= 11 is 3.04. The number of hydrogen-bond donors (Lipinski definition) is 0. The SMILES string of the molecule is CCOC(c1cscn1)c1nc2c(s1)c1cnn(CC3=CCN=N3)c(=O)c1n2C. The van der Waals surface area contributed by atoms with Crippen LogP contribution in [-0.2, 0) is 18.3 Å². The number of rotatable bonds is 6. The van der Waals surface area contributed by atoms with Gasteiger partial charge in [0.05, 0.1) is 40.9 Å². The van der Waals surface area contributed by atoms with E-state index in [4.69, 9.17) is 9.72 Å². The average Bonchev–Trinajstić information content (AvgIpc) is 3.49. The van der Waals surface area contributed by atoms with E-state index in [-0.39, 0.29) is 11.7 Å². The van der Waals surface area contributed by atoms with Crippen LogP contribution in [0.5, 0.6) is 0 Å². The van der Waals surface area contributed by atoms with Gasteiger partial charge in [0.15, 0.2) is 11.8 Å². The first-order chi connectivity index (χ1) is 14.2. The Balaban J connectivity index is 1.62. The summed E-state index contributed by atoms with van der Waals surface area (Å²) in [5.41, 5.74) is 4.54. The fourth-order valence-corrected chi connectivity index (χ4v) is 5.14. The first kappa shape index (κ1) is 18.3. The number of aromatic nitrogens is 5. The third-order valence-electron chi connectivity index (χ3n) is 4.74. The molecule has 0 aromatic carbocycles. The van der Waals surface area contributed by atoms with Crippen LogP contribution < -0.4 is 5.56 Å². The lowest BCUT2D eigenvalue weighted by Gasteiger charge is -2.11. The van der Waals surface area contributed by atoms with E-state index < -0.39 is 0 Å². The van der Waals surface area contributed by atoms with Crippen molar-refractivity contribution in [3.8, 4) is 0 Å². The van der Waals surface area contributed by atoms with Gasteiger partial charge in [0, 0.05) is 24.4 Å². The molecular formula is C18H17N7O2S2. The lowest BCUT2D eigenvalue weighted by Crippen LogP contribution is -2.24. The van der Waals surface area contributed by atoms with Crippen LogP contribution in [0.4, 0.5) is 0 Å². The fourth-order valence-electron chi connectivity index (χ4n) is 3.40. The maximum Gasteiger partial charge on any atom is 0.291 e. The molecule has 5 rings (SSSR count). The summed E-state index contributed by atoms with van der Waals surface area (Å²) in [7, 11) is 1.85. The molecule has 4 aromatic rings. The monoisotopic (exact) mass is 427 g/mol. The molecule has 1 aliphatic rings. The van der Waals surface area contributed by atoms with Crippen LogP contribution in [0.2, 0.25) is 0 Å². The van der Waals surface area contributed by atoms with Gasteiger partial charge in [0.25, 0.3) is 5.56 Å². The molecule has 4 aromatic heterocycles. The Morgan fingerprint density at radius 1 is 1.38 bits per heavy atom. The number of thiazole rings is 2. The zero-order chi connectivity index (χ0) is 20.0. The first-order valence-corrected chi connectivity index (χ1v) is 10.8. The predicted octanol–water partition coefficient (Wildman–Crippen LogP) is 3.28. The Morgan fingerprint density at radius 2 is 2.28 bits per heavy atom. The summed E-state index contributed by atoms with van der Waals surface area (Å²) in [5.74, 6) is 0. The molecular weight excluding hydrogens is 410 g/mol. The molecule has 0 N–H and O–H groups in total. The molecule has 29 heavy (non-hydrogen) atoms. The third-order valence-corrected chi connectivity index (χ3v) is 6.46. The molecule has 11 heteroatoms. The van der Waals surface area contributed by atoms with Gasteiger partial charge >= 0.3 is 0 Å². The van der Waals surface area contributed by atoms with E-state index >= 15 is 0 Å². The van der Waals surface area contributed by atoms with Gasteiger partial charge < -0.3 is 9.30 Å². The molecule has 0 bridgehead atoms. The minimum atomic E-state index is -0.313. The van der Waals surface area contributed by atoms with E-state index in [1.807, 2.05) is 30.0 Å². The Morgan fingerprint density at radius 3 is 3.00 bits per heavy atom. The Kier molecular flexibility index (Phi) is 4.57. The van der Waals surface area contributed by atoms with Crippen molar-refractivity contribution < 1.29 is 4.74 Å². The maximum atomic E-state index is 13.0. The van der Waals surface area contributed by atoms with Crippen molar-refractivity contribution >= 4 is 43.9 Å². The molecule has 0 radical (unpaired) electrons. The van der Waals surface area contributed by atoms with Crippen LogP contribution >= 0.6 is 22.7 Å². The lowest BCUT2D eigenvalue weighted by molar-refractivity contribution is 0.0887. The largest absolute Gasteiger partial charge is 0.365 e. The van der Waals surface area contributed by atoms with E-state index in [0.717, 1.165) is 32.1 Å². The van der Waals surface area contributed by atoms with Gasteiger partial charge in [-0.3, -0.25) is 4.79 Å². The molecule has 0 amide bonds. The van der Waals surface area contributed by atoms with E-state index in [9.17, 15) is 4.79 Å². The smallest absolute Gasteiger partial charge is 0.291 e. The van der Waals surface area contributed by atoms with E-state index in [1.165, 1.54) is 27.4 Å². The minimum Gasteiger partial charge on any atom is -0.365 e. The molecule has 0 spiro atoms. The standard InChI is InChI=1S/C18H17N7O2S2/c1-3-27-14(12-8-28-9-19-12)17-22-16-15(29-17)11-6-21-25(7-10-4-5-20-23-10)18(26)13(11)24(16)2/h4,6,8-9,14H,3,5,7H2,1-2H3. The van der Waals surface area contributed by atoms with Crippen LogP contribution in [0.3, 0.4) is 0 Å². The second-order valence-corrected chi connectivity index (χ2v) is 8.25. The summed E-state index contributed by atoms with van der Waals surface area (Å²) in [4.78, 5) is 22.2. The molecule has 148 valence electrons. The molecule has 1 atom stereocenters. The Hall–Kier alpha value is -2.76. The molecule has 0 saturated heterocycles. The Labute approximate surface area is 173 Å². The fraction of sp³-hybridized carbons (Fsp3) is 0.333. The number of fused-ring (bicyclic) bond motifs is 3. The van der Waals surface area contributed by atoms with Crippen LogP contribution in [0.1, 0.15) is 23.7 Å². The normalized spacial score (nSPS) is 14.9. The van der Waals surface area contributed by atoms with Crippen LogP contribution in [0, 0.1) is 0 Å². The van der Waals surface area contributed by atoms with Gasteiger partial charge in [0.1, 0.15) is 10.5 Å². The summed E-state index contributed by atoms with van der Waals surface area (Å²) in [6, 6.07) is 0. The highest BCUT2D eigenvalue weighted by molar-refractivity contribution is 7.19. The summed E-state index contributed by atoms with van der Waals surface area (Å²) in [6.45, 7) is 3.37. The maximum absolute atomic E-state index is 13.0. The molecule has 0 aliphatic carbocycles. The van der Waals surface area contributed by atoms with Crippen LogP contribution in [0.15, 0.2) is 43.9 Å². The lowest BCUT2D eigenvalue weighted by atomic mass is 10.3. The van der Waals surface area contributed by atoms with Crippen molar-refractivity contribution in [1.82, 2.24) is 24.3 Å². The van der Waals surface area contributed by atoms with Crippen molar-refractivity contribution in [3.05, 3.63) is 49.9 Å². The topological polar surface area (TPSA) is 99.6 Å². The van der Waals surface area contributed by atoms with Crippen molar-refractivity contribution in [2.24, 2.45) is 17.3 Å². The van der Waals surface area contributed by atoms with Gasteiger partial charge in [-0.05, 0) is 13.0 Å². The molecule has 1 unspecified atom stereocenters. The molecule has 9 nitrogen and oxygen atoms in total. The summed E-state index contributed by atoms with van der Waals surface area (Å²) in [5, 5.41) is 15.9. The number of hydrogen-bond acceptors (Lipinski definition) is 9. The molecule has 0 saturated carbocycles. The number of azo groups is 1. The zero-order valence-corrected chi connectivity index (χ0v) is 17.4. The van der Waals surface area contributed by atoms with Crippen molar-refractivity contribution in [1.29, 1.82) is 0 Å². The molecule has 0 fully saturated rings. The van der Waals surface area contributed by atoms with Crippen molar-refractivity contribution in [2.75, 3.05) is 13.2 Å². The van der Waals surface area contributed by atoms with Gasteiger partial charge in [0.2, 0.25) is 0 Å². The van der Waals surface area contributed by atoms with Crippen LogP contribution in [0.25, 0.3) is 21.3 Å². The van der Waals surface area contributed by atoms with Crippen molar-refractivity contribution in [2.45, 2.75) is 19.6 Å². The first-order valence-electron chi connectivity index (χ1n) is 9.08. The highest BCUT2D eigenvalue weighted by Gasteiger charge is 2.24. The van der Waals surface area contributed by atoms with Gasteiger partial charge in [-0.25, -0.2) is 14.6 Å². The number of ether oxygens (including phenoxy) is 1. The predicted molar refractivity (Wildman–Crippen MR) is 112 cm³/mol. The van der Waals surface area contributed by atoms with E-state index in [2.05, 4.69) is 20.3 Å². The molecule has 1 aliphatic heterocycles. The van der Waals surface area contributed by atoms with Crippen molar-refractivity contribution in [3.63, 3.8) is 0 Å². The molecule has 5 heterocycles. The van der Waals surface area contributed by atoms with Gasteiger partial charge in [-0.15, -0.1) is 22.7 Å². The quantitative estimate of drug-likeness (QED) is 0.470. The highest BCUT2D eigenvalue weighted by Crippen LogP contribution is 2.36. The third kappa shape index (κ3) is 3.02. The minimum absolute atomic E-state index is 0.166. The number of allylic oxidation sites excluding steroid dienone is 1. The number of aryl methyl sites for hydroxylation is 1. The highest BCUT2D eigenvalue weighted by atomic mass is 32.1. The van der Waals surface area contributed by atoms with Gasteiger partial charge in [-0.1, -0.05) is 0 Å². The average molecular weight is 428 g/mol. The second-order valence-electron chi connectivity index (χ2n) is 6.50. The number of nitrogens with zero attached hydrogens (tertiary/aromatic N) is 7. The van der Waals surface area contributed by atoms with E-state index in [1.54, 1.807) is 11.7 Å². The van der Waals surface area contributed by atoms with E-state index in [0.29, 0.717) is 25.2 Å². The zero-order valence-electron chi connectivity index (χ0n) is 15.8. The Bertz CT molecular complexity index is 1310. The summed E-state index contributed by atoms with van der Waals surface area (Å²) in [6.07, 6.45) is 3.31. The van der Waals surface area contributed by atoms with Gasteiger partial charge in [-0.2, -0.15) is 15.3 Å². The van der Waals surface area contributed by atoms with Crippen LogP contribution in [-0.4, -0.2) is 37.5 Å². The summed E-state index contributed by atoms with van der Waals surface area (Å²) < 4.78 is 10.1.